The van der Waals surface area contributed by atoms with Crippen molar-refractivity contribution in [3.8, 4) is 5.75 Å². The Kier molecular flexibility index (Phi) is 10.1. The molecule has 0 radical (unpaired) electrons. The topological polar surface area (TPSA) is 96.0 Å². The lowest BCUT2D eigenvalue weighted by Crippen LogP contribution is -2.52. The number of hydrogen-bond donors (Lipinski definition) is 1. The first kappa shape index (κ1) is 29.6. The largest absolute Gasteiger partial charge is 0.494 e. The third-order valence-electron chi connectivity index (χ3n) is 5.94. The van der Waals surface area contributed by atoms with E-state index in [0.29, 0.717) is 12.4 Å². The molecule has 0 fully saturated rings. The molecule has 3 aromatic carbocycles. The maximum Gasteiger partial charge on any atom is 0.264 e. The Morgan fingerprint density at radius 3 is 2.13 bits per heavy atom. The minimum absolute atomic E-state index is 0.00191. The van der Waals surface area contributed by atoms with Crippen LogP contribution in [-0.4, -0.2) is 50.4 Å². The van der Waals surface area contributed by atoms with E-state index in [2.05, 4.69) is 5.32 Å². The average molecular weight is 556 g/mol. The smallest absolute Gasteiger partial charge is 0.264 e. The number of benzene rings is 3. The van der Waals surface area contributed by atoms with Gasteiger partial charge in [0, 0.05) is 18.2 Å². The zero-order valence-electron chi connectivity index (χ0n) is 22.5. The molecule has 10 heteroatoms. The van der Waals surface area contributed by atoms with Crippen molar-refractivity contribution in [3.63, 3.8) is 0 Å². The molecule has 1 atom stereocenters. The van der Waals surface area contributed by atoms with Crippen LogP contribution in [-0.2, 0) is 26.2 Å². The van der Waals surface area contributed by atoms with Crippen LogP contribution in [0.2, 0.25) is 0 Å². The van der Waals surface area contributed by atoms with Gasteiger partial charge in [-0.25, -0.2) is 12.8 Å². The first-order valence-electron chi connectivity index (χ1n) is 12.7. The van der Waals surface area contributed by atoms with E-state index >= 15 is 0 Å². The number of carbonyl (C=O) groups excluding carboxylic acids is 2. The van der Waals surface area contributed by atoms with Crippen molar-refractivity contribution < 1.29 is 27.1 Å². The van der Waals surface area contributed by atoms with Gasteiger partial charge in [0.15, 0.2) is 0 Å². The number of anilines is 1. The zero-order chi connectivity index (χ0) is 28.6. The van der Waals surface area contributed by atoms with Crippen LogP contribution in [0.4, 0.5) is 10.1 Å². The molecule has 0 heterocycles. The van der Waals surface area contributed by atoms with Gasteiger partial charge in [0.1, 0.15) is 24.2 Å². The molecule has 0 aliphatic heterocycles. The predicted octanol–water partition coefficient (Wildman–Crippen LogP) is 4.36. The van der Waals surface area contributed by atoms with Crippen LogP contribution in [0.5, 0.6) is 5.75 Å². The van der Waals surface area contributed by atoms with Gasteiger partial charge < -0.3 is 15.0 Å². The monoisotopic (exact) mass is 555 g/mol. The van der Waals surface area contributed by atoms with Gasteiger partial charge in [-0.15, -0.1) is 0 Å². The lowest BCUT2D eigenvalue weighted by molar-refractivity contribution is -0.139. The summed E-state index contributed by atoms with van der Waals surface area (Å²) < 4.78 is 48.5. The number of sulfonamides is 1. The van der Waals surface area contributed by atoms with Gasteiger partial charge in [0.25, 0.3) is 10.0 Å². The van der Waals surface area contributed by atoms with Crippen LogP contribution in [0.25, 0.3) is 0 Å². The standard InChI is InChI=1S/C29H34FN3O5S/c1-5-38-25-17-15-24(16-18-25)33(39(36,37)26-12-7-6-8-13-26)20-28(34)32(22(4)29(35)31-21(2)3)19-23-11-9-10-14-27(23)30/h6-18,21-22H,5,19-20H2,1-4H3,(H,31,35). The first-order chi connectivity index (χ1) is 18.5. The highest BCUT2D eigenvalue weighted by molar-refractivity contribution is 7.92. The van der Waals surface area contributed by atoms with Crippen LogP contribution in [0.15, 0.2) is 83.8 Å². The van der Waals surface area contributed by atoms with Crippen molar-refractivity contribution in [1.29, 1.82) is 0 Å². The van der Waals surface area contributed by atoms with Gasteiger partial charge in [0.2, 0.25) is 11.8 Å². The highest BCUT2D eigenvalue weighted by atomic mass is 32.2. The fourth-order valence-electron chi connectivity index (χ4n) is 3.92. The lowest BCUT2D eigenvalue weighted by atomic mass is 10.1. The molecular weight excluding hydrogens is 521 g/mol. The Morgan fingerprint density at radius 1 is 0.923 bits per heavy atom. The number of halogens is 1. The van der Waals surface area contributed by atoms with E-state index in [0.717, 1.165) is 4.31 Å². The molecule has 0 saturated carbocycles. The summed E-state index contributed by atoms with van der Waals surface area (Å²) in [5.74, 6) is -1.09. The van der Waals surface area contributed by atoms with E-state index in [1.54, 1.807) is 62.4 Å². The number of nitrogens with zero attached hydrogens (tertiary/aromatic N) is 2. The summed E-state index contributed by atoms with van der Waals surface area (Å²) in [4.78, 5) is 27.9. The summed E-state index contributed by atoms with van der Waals surface area (Å²) in [6.07, 6.45) is 0. The zero-order valence-corrected chi connectivity index (χ0v) is 23.3. The number of hydrogen-bond acceptors (Lipinski definition) is 5. The maximum atomic E-state index is 14.6. The van der Waals surface area contributed by atoms with E-state index in [9.17, 15) is 22.4 Å². The number of nitrogens with one attached hydrogen (secondary N) is 1. The minimum Gasteiger partial charge on any atom is -0.494 e. The second-order valence-corrected chi connectivity index (χ2v) is 11.1. The highest BCUT2D eigenvalue weighted by Gasteiger charge is 2.33. The molecule has 208 valence electrons. The molecule has 0 bridgehead atoms. The van der Waals surface area contributed by atoms with Crippen molar-refractivity contribution in [1.82, 2.24) is 10.2 Å². The normalized spacial score (nSPS) is 12.1. The van der Waals surface area contributed by atoms with Crippen molar-refractivity contribution in [2.45, 2.75) is 51.2 Å². The minimum atomic E-state index is -4.18. The van der Waals surface area contributed by atoms with Gasteiger partial charge in [-0.2, -0.15) is 0 Å². The van der Waals surface area contributed by atoms with Gasteiger partial charge in [-0.3, -0.25) is 13.9 Å². The van der Waals surface area contributed by atoms with E-state index in [1.807, 2.05) is 6.92 Å². The molecule has 0 aromatic heterocycles. The summed E-state index contributed by atoms with van der Waals surface area (Å²) in [6.45, 7) is 6.54. The molecule has 0 spiro atoms. The van der Waals surface area contributed by atoms with Gasteiger partial charge in [0.05, 0.1) is 17.2 Å². The molecule has 0 aliphatic rings. The van der Waals surface area contributed by atoms with Crippen molar-refractivity contribution >= 4 is 27.5 Å². The molecule has 1 unspecified atom stereocenters. The van der Waals surface area contributed by atoms with Gasteiger partial charge in [-0.1, -0.05) is 36.4 Å². The lowest BCUT2D eigenvalue weighted by Gasteiger charge is -2.32. The van der Waals surface area contributed by atoms with E-state index in [-0.39, 0.29) is 28.7 Å². The second kappa shape index (κ2) is 13.2. The van der Waals surface area contributed by atoms with Gasteiger partial charge in [-0.05, 0) is 70.2 Å². The van der Waals surface area contributed by atoms with Crippen LogP contribution in [0, 0.1) is 5.82 Å². The summed E-state index contributed by atoms with van der Waals surface area (Å²) in [5.41, 5.74) is 0.439. The van der Waals surface area contributed by atoms with Crippen molar-refractivity contribution in [3.05, 3.63) is 90.2 Å². The molecule has 1 N–H and O–H groups in total. The Balaban J connectivity index is 2.03. The Morgan fingerprint density at radius 2 is 1.54 bits per heavy atom. The van der Waals surface area contributed by atoms with E-state index < -0.39 is 40.2 Å². The van der Waals surface area contributed by atoms with Crippen molar-refractivity contribution in [2.24, 2.45) is 0 Å². The Bertz CT molecular complexity index is 1370. The maximum absolute atomic E-state index is 14.6. The number of carbonyl (C=O) groups is 2. The molecule has 0 saturated heterocycles. The molecule has 8 nitrogen and oxygen atoms in total. The fourth-order valence-corrected chi connectivity index (χ4v) is 5.36. The van der Waals surface area contributed by atoms with Gasteiger partial charge >= 0.3 is 0 Å². The number of rotatable bonds is 12. The fraction of sp³-hybridized carbons (Fsp3) is 0.310. The van der Waals surface area contributed by atoms with Crippen LogP contribution >= 0.6 is 0 Å². The van der Waals surface area contributed by atoms with Crippen LogP contribution in [0.1, 0.15) is 33.3 Å². The summed E-state index contributed by atoms with van der Waals surface area (Å²) in [7, 11) is -4.18. The Labute approximate surface area is 229 Å². The molecule has 3 rings (SSSR count). The summed E-state index contributed by atoms with van der Waals surface area (Å²) in [6, 6.07) is 18.9. The Hall–Kier alpha value is -3.92. The van der Waals surface area contributed by atoms with E-state index in [4.69, 9.17) is 4.74 Å². The molecular formula is C29H34FN3O5S. The SMILES string of the molecule is CCOc1ccc(N(CC(=O)N(Cc2ccccc2F)C(C)C(=O)NC(C)C)S(=O)(=O)c2ccccc2)cc1. The van der Waals surface area contributed by atoms with Crippen LogP contribution < -0.4 is 14.4 Å². The molecule has 3 aromatic rings. The summed E-state index contributed by atoms with van der Waals surface area (Å²) in [5, 5.41) is 2.77. The quantitative estimate of drug-likeness (QED) is 0.358. The predicted molar refractivity (Wildman–Crippen MR) is 148 cm³/mol. The highest BCUT2D eigenvalue weighted by Crippen LogP contribution is 2.26. The van der Waals surface area contributed by atoms with Crippen molar-refractivity contribution in [2.75, 3.05) is 17.5 Å². The third-order valence-corrected chi connectivity index (χ3v) is 7.73. The van der Waals surface area contributed by atoms with E-state index in [1.165, 1.54) is 42.2 Å². The number of amides is 2. The average Bonchev–Trinajstić information content (AvgIpc) is 2.91. The first-order valence-corrected chi connectivity index (χ1v) is 14.1. The molecule has 2 amide bonds. The third kappa shape index (κ3) is 7.57. The summed E-state index contributed by atoms with van der Waals surface area (Å²) >= 11 is 0. The van der Waals surface area contributed by atoms with Crippen LogP contribution in [0.3, 0.4) is 0 Å². The number of ether oxygens (including phenoxy) is 1. The second-order valence-electron chi connectivity index (χ2n) is 9.20. The molecule has 39 heavy (non-hydrogen) atoms. The molecule has 0 aliphatic carbocycles.